The van der Waals surface area contributed by atoms with Crippen LogP contribution in [-0.2, 0) is 10.0 Å². The Hall–Kier alpha value is -0.690. The van der Waals surface area contributed by atoms with Crippen LogP contribution in [0.5, 0.6) is 0 Å². The fourth-order valence-electron chi connectivity index (χ4n) is 1.59. The topological polar surface area (TPSA) is 66.4 Å². The number of aliphatic hydroxyl groups excluding tert-OH is 1. The summed E-state index contributed by atoms with van der Waals surface area (Å²) < 4.78 is 39.8. The van der Waals surface area contributed by atoms with Crippen molar-refractivity contribution >= 4 is 21.6 Å². The van der Waals surface area contributed by atoms with Gasteiger partial charge in [0.2, 0.25) is 10.0 Å². The molecular formula is C13H19ClFNO3S. The molecule has 1 unspecified atom stereocenters. The van der Waals surface area contributed by atoms with Crippen molar-refractivity contribution in [1.82, 2.24) is 4.72 Å². The van der Waals surface area contributed by atoms with Crippen molar-refractivity contribution in [3.05, 3.63) is 28.5 Å². The average Bonchev–Trinajstić information content (AvgIpc) is 2.33. The summed E-state index contributed by atoms with van der Waals surface area (Å²) in [5.74, 6) is -0.500. The molecule has 114 valence electrons. The van der Waals surface area contributed by atoms with Crippen LogP contribution in [0.2, 0.25) is 5.02 Å². The number of sulfonamides is 1. The van der Waals surface area contributed by atoms with Crippen molar-refractivity contribution in [1.29, 1.82) is 0 Å². The van der Waals surface area contributed by atoms with E-state index < -0.39 is 21.9 Å². The molecule has 4 nitrogen and oxygen atoms in total. The van der Waals surface area contributed by atoms with Crippen LogP contribution < -0.4 is 4.72 Å². The van der Waals surface area contributed by atoms with Crippen LogP contribution in [0.3, 0.4) is 0 Å². The Morgan fingerprint density at radius 3 is 2.55 bits per heavy atom. The van der Waals surface area contributed by atoms with Gasteiger partial charge in [0.1, 0.15) is 10.7 Å². The Balaban J connectivity index is 2.82. The molecule has 0 aliphatic heterocycles. The van der Waals surface area contributed by atoms with E-state index in [0.717, 1.165) is 6.07 Å². The van der Waals surface area contributed by atoms with E-state index in [4.69, 9.17) is 11.6 Å². The summed E-state index contributed by atoms with van der Waals surface area (Å²) in [4.78, 5) is -0.155. The van der Waals surface area contributed by atoms with E-state index in [1.54, 1.807) is 0 Å². The molecule has 1 aromatic rings. The van der Waals surface area contributed by atoms with Crippen molar-refractivity contribution in [3.63, 3.8) is 0 Å². The molecule has 0 saturated heterocycles. The average molecular weight is 324 g/mol. The molecular weight excluding hydrogens is 305 g/mol. The van der Waals surface area contributed by atoms with Crippen LogP contribution in [0.1, 0.15) is 25.8 Å². The first-order valence-electron chi connectivity index (χ1n) is 6.28. The second-order valence-electron chi connectivity index (χ2n) is 5.03. The second kappa shape index (κ2) is 6.85. The van der Waals surface area contributed by atoms with Gasteiger partial charge in [-0.3, -0.25) is 0 Å². The van der Waals surface area contributed by atoms with Crippen molar-refractivity contribution in [2.24, 2.45) is 5.92 Å². The molecule has 0 aliphatic carbocycles. The fourth-order valence-corrected chi connectivity index (χ4v) is 3.23. The van der Waals surface area contributed by atoms with E-state index in [2.05, 4.69) is 4.72 Å². The van der Waals surface area contributed by atoms with Crippen LogP contribution in [0.4, 0.5) is 4.39 Å². The van der Waals surface area contributed by atoms with Crippen molar-refractivity contribution in [2.45, 2.75) is 38.2 Å². The van der Waals surface area contributed by atoms with E-state index in [1.165, 1.54) is 13.0 Å². The van der Waals surface area contributed by atoms with Crippen molar-refractivity contribution < 1.29 is 17.9 Å². The molecule has 0 heterocycles. The first-order chi connectivity index (χ1) is 9.15. The molecule has 0 aliphatic rings. The van der Waals surface area contributed by atoms with Crippen molar-refractivity contribution in [3.8, 4) is 0 Å². The third-order valence-electron chi connectivity index (χ3n) is 3.00. The minimum absolute atomic E-state index is 0.0520. The number of hydrogen-bond donors (Lipinski definition) is 2. The van der Waals surface area contributed by atoms with Gasteiger partial charge in [-0.15, -0.1) is 0 Å². The minimum atomic E-state index is -3.81. The zero-order chi connectivity index (χ0) is 15.5. The summed E-state index contributed by atoms with van der Waals surface area (Å²) in [5, 5.41) is 9.46. The highest BCUT2D eigenvalue weighted by molar-refractivity contribution is 7.89. The molecule has 0 saturated carbocycles. The van der Waals surface area contributed by atoms with Crippen LogP contribution in [0.25, 0.3) is 0 Å². The van der Waals surface area contributed by atoms with Gasteiger partial charge in [-0.05, 0) is 37.0 Å². The lowest BCUT2D eigenvalue weighted by molar-refractivity contribution is 0.118. The smallest absolute Gasteiger partial charge is 0.242 e. The predicted octanol–water partition coefficient (Wildman–Crippen LogP) is 2.47. The minimum Gasteiger partial charge on any atom is -0.393 e. The Bertz CT molecular complexity index is 575. The summed E-state index contributed by atoms with van der Waals surface area (Å²) in [7, 11) is -3.81. The number of halogens is 2. The van der Waals surface area contributed by atoms with Gasteiger partial charge in [-0.25, -0.2) is 17.5 Å². The molecule has 0 radical (unpaired) electrons. The maximum absolute atomic E-state index is 13.3. The molecule has 7 heteroatoms. The lowest BCUT2D eigenvalue weighted by Crippen LogP contribution is -2.29. The summed E-state index contributed by atoms with van der Waals surface area (Å²) in [6.45, 7) is 5.25. The van der Waals surface area contributed by atoms with Gasteiger partial charge in [0.05, 0.1) is 11.1 Å². The van der Waals surface area contributed by atoms with E-state index in [1.807, 2.05) is 13.8 Å². The maximum atomic E-state index is 13.3. The van der Waals surface area contributed by atoms with E-state index in [-0.39, 0.29) is 27.9 Å². The largest absolute Gasteiger partial charge is 0.393 e. The molecule has 1 atom stereocenters. The number of benzene rings is 1. The van der Waals surface area contributed by atoms with E-state index in [9.17, 15) is 17.9 Å². The van der Waals surface area contributed by atoms with Crippen molar-refractivity contribution in [2.75, 3.05) is 6.54 Å². The third kappa shape index (κ3) is 4.41. The third-order valence-corrected chi connectivity index (χ3v) is 4.93. The molecule has 0 aromatic heterocycles. The van der Waals surface area contributed by atoms with Gasteiger partial charge >= 0.3 is 0 Å². The lowest BCUT2D eigenvalue weighted by atomic mass is 10.1. The number of nitrogens with one attached hydrogen (secondary N) is 1. The zero-order valence-electron chi connectivity index (χ0n) is 11.7. The normalized spacial score (nSPS) is 13.8. The first-order valence-corrected chi connectivity index (χ1v) is 8.14. The van der Waals surface area contributed by atoms with Gasteiger partial charge in [0, 0.05) is 6.54 Å². The molecule has 1 rings (SSSR count). The molecule has 0 spiro atoms. The molecule has 1 aromatic carbocycles. The van der Waals surface area contributed by atoms with E-state index in [0.29, 0.717) is 6.42 Å². The van der Waals surface area contributed by atoms with Crippen LogP contribution in [0.15, 0.2) is 17.0 Å². The SMILES string of the molecule is Cc1cc(S(=O)(=O)NCCC(O)C(C)C)c(Cl)cc1F. The van der Waals surface area contributed by atoms with Crippen LogP contribution in [0, 0.1) is 18.7 Å². The number of aliphatic hydroxyl groups is 1. The molecule has 2 N–H and O–H groups in total. The lowest BCUT2D eigenvalue weighted by Gasteiger charge is -2.15. The molecule has 0 bridgehead atoms. The highest BCUT2D eigenvalue weighted by Gasteiger charge is 2.20. The summed E-state index contributed by atoms with van der Waals surface area (Å²) >= 11 is 5.77. The Labute approximate surface area is 124 Å². The quantitative estimate of drug-likeness (QED) is 0.845. The van der Waals surface area contributed by atoms with E-state index >= 15 is 0 Å². The Kier molecular flexibility index (Phi) is 5.94. The number of hydrogen-bond acceptors (Lipinski definition) is 3. The molecule has 0 amide bonds. The monoisotopic (exact) mass is 323 g/mol. The van der Waals surface area contributed by atoms with Gasteiger partial charge in [0.15, 0.2) is 0 Å². The standard InChI is InChI=1S/C13H19ClFNO3S/c1-8(2)12(17)4-5-16-20(18,19)13-6-9(3)11(15)7-10(13)14/h6-8,12,16-17H,4-5H2,1-3H3. The van der Waals surface area contributed by atoms with Gasteiger partial charge in [0.25, 0.3) is 0 Å². The zero-order valence-corrected chi connectivity index (χ0v) is 13.2. The number of aryl methyl sites for hydroxylation is 1. The Morgan fingerprint density at radius 2 is 2.00 bits per heavy atom. The summed E-state index contributed by atoms with van der Waals surface area (Å²) in [6.07, 6.45) is -0.280. The Morgan fingerprint density at radius 1 is 1.40 bits per heavy atom. The van der Waals surface area contributed by atoms with Gasteiger partial charge in [-0.2, -0.15) is 0 Å². The maximum Gasteiger partial charge on any atom is 0.242 e. The van der Waals surface area contributed by atoms with Gasteiger partial charge in [-0.1, -0.05) is 25.4 Å². The van der Waals surface area contributed by atoms with Crippen LogP contribution in [-0.4, -0.2) is 26.2 Å². The van der Waals surface area contributed by atoms with Gasteiger partial charge < -0.3 is 5.11 Å². The first kappa shape index (κ1) is 17.4. The van der Waals surface area contributed by atoms with Crippen LogP contribution >= 0.6 is 11.6 Å². The summed E-state index contributed by atoms with van der Waals surface area (Å²) in [5.41, 5.74) is 0.206. The highest BCUT2D eigenvalue weighted by Crippen LogP contribution is 2.24. The highest BCUT2D eigenvalue weighted by atomic mass is 35.5. The molecule has 0 fully saturated rings. The second-order valence-corrected chi connectivity index (χ2v) is 7.17. The molecule has 20 heavy (non-hydrogen) atoms. The fraction of sp³-hybridized carbons (Fsp3) is 0.538. The number of rotatable bonds is 6. The predicted molar refractivity (Wildman–Crippen MR) is 76.8 cm³/mol. The summed E-state index contributed by atoms with van der Waals surface area (Å²) in [6, 6.07) is 2.17.